The largest absolute Gasteiger partial charge is 0.464 e. The lowest BCUT2D eigenvalue weighted by atomic mass is 10.3. The number of methoxy groups -OCH3 is 1. The number of aromatic nitrogens is 3. The van der Waals surface area contributed by atoms with Crippen molar-refractivity contribution >= 4 is 11.7 Å². The maximum absolute atomic E-state index is 11.3. The molecule has 0 unspecified atom stereocenters. The highest BCUT2D eigenvalue weighted by Crippen LogP contribution is 2.09. The minimum absolute atomic E-state index is 0.265. The van der Waals surface area contributed by atoms with Gasteiger partial charge in [0.05, 0.1) is 7.11 Å². The van der Waals surface area contributed by atoms with Gasteiger partial charge in [-0.3, -0.25) is 0 Å². The van der Waals surface area contributed by atoms with Crippen LogP contribution in [0.1, 0.15) is 22.2 Å². The smallest absolute Gasteiger partial charge is 0.356 e. The van der Waals surface area contributed by atoms with Gasteiger partial charge in [-0.05, 0) is 19.1 Å². The minimum Gasteiger partial charge on any atom is -0.464 e. The van der Waals surface area contributed by atoms with Crippen molar-refractivity contribution < 1.29 is 14.1 Å². The molecule has 0 aliphatic heterocycles. The molecule has 0 aromatic carbocycles. The Labute approximate surface area is 110 Å². The fourth-order valence-electron chi connectivity index (χ4n) is 1.51. The lowest BCUT2D eigenvalue weighted by Crippen LogP contribution is -2.08. The number of nitrogens with zero attached hydrogens (tertiary/aromatic N) is 3. The van der Waals surface area contributed by atoms with E-state index in [1.807, 2.05) is 0 Å². The van der Waals surface area contributed by atoms with Gasteiger partial charge in [-0.15, -0.1) is 0 Å². The molecule has 2 heterocycles. The highest BCUT2D eigenvalue weighted by Gasteiger charge is 2.07. The fraction of sp³-hybridized carbons (Fsp3) is 0.333. The van der Waals surface area contributed by atoms with E-state index >= 15 is 0 Å². The molecule has 0 spiro atoms. The molecule has 19 heavy (non-hydrogen) atoms. The van der Waals surface area contributed by atoms with Crippen LogP contribution >= 0.6 is 0 Å². The summed E-state index contributed by atoms with van der Waals surface area (Å²) in [7, 11) is 1.32. The average molecular weight is 262 g/mol. The van der Waals surface area contributed by atoms with E-state index in [1.54, 1.807) is 25.3 Å². The van der Waals surface area contributed by atoms with Crippen LogP contribution in [0.25, 0.3) is 0 Å². The third-order valence-electron chi connectivity index (χ3n) is 2.39. The number of hydrogen-bond donors (Lipinski definition) is 1. The summed E-state index contributed by atoms with van der Waals surface area (Å²) >= 11 is 0. The Bertz CT molecular complexity index is 568. The predicted octanol–water partition coefficient (Wildman–Crippen LogP) is 1.21. The second-order valence-electron chi connectivity index (χ2n) is 3.83. The number of ether oxygens (including phenoxy) is 1. The van der Waals surface area contributed by atoms with E-state index in [4.69, 9.17) is 4.52 Å². The van der Waals surface area contributed by atoms with E-state index in [-0.39, 0.29) is 5.69 Å². The highest BCUT2D eigenvalue weighted by molar-refractivity contribution is 5.88. The number of hydrogen-bond acceptors (Lipinski definition) is 7. The van der Waals surface area contributed by atoms with Crippen LogP contribution < -0.4 is 5.32 Å². The molecule has 2 aromatic rings. The number of carbonyl (C=O) groups is 1. The van der Waals surface area contributed by atoms with Gasteiger partial charge in [0, 0.05) is 24.8 Å². The topological polar surface area (TPSA) is 90.1 Å². The minimum atomic E-state index is -0.462. The molecule has 0 atom stereocenters. The van der Waals surface area contributed by atoms with Crippen LogP contribution in [-0.2, 0) is 11.2 Å². The van der Waals surface area contributed by atoms with Gasteiger partial charge in [-0.1, -0.05) is 5.16 Å². The van der Waals surface area contributed by atoms with Crippen molar-refractivity contribution in [1.82, 2.24) is 15.1 Å². The number of carbonyl (C=O) groups excluding carboxylic acids is 1. The van der Waals surface area contributed by atoms with Gasteiger partial charge in [0.1, 0.15) is 5.69 Å². The maximum Gasteiger partial charge on any atom is 0.356 e. The second-order valence-corrected chi connectivity index (χ2v) is 3.83. The van der Waals surface area contributed by atoms with Gasteiger partial charge in [0.25, 0.3) is 0 Å². The third-order valence-corrected chi connectivity index (χ3v) is 2.39. The first-order valence-electron chi connectivity index (χ1n) is 5.76. The molecular weight excluding hydrogens is 248 g/mol. The van der Waals surface area contributed by atoms with Crippen molar-refractivity contribution in [3.05, 3.63) is 35.7 Å². The van der Waals surface area contributed by atoms with Crippen molar-refractivity contribution in [1.29, 1.82) is 0 Å². The molecule has 2 rings (SSSR count). The maximum atomic E-state index is 11.3. The highest BCUT2D eigenvalue weighted by atomic mass is 16.5. The van der Waals surface area contributed by atoms with Gasteiger partial charge in [0.15, 0.2) is 5.82 Å². The summed E-state index contributed by atoms with van der Waals surface area (Å²) in [6.07, 6.45) is 2.15. The van der Waals surface area contributed by atoms with Gasteiger partial charge < -0.3 is 14.6 Å². The van der Waals surface area contributed by atoms with Crippen LogP contribution in [-0.4, -0.2) is 34.7 Å². The number of pyridine rings is 1. The van der Waals surface area contributed by atoms with Crippen molar-refractivity contribution in [3.8, 4) is 0 Å². The second kappa shape index (κ2) is 5.94. The molecule has 0 aliphatic carbocycles. The van der Waals surface area contributed by atoms with Gasteiger partial charge >= 0.3 is 5.97 Å². The molecule has 0 amide bonds. The van der Waals surface area contributed by atoms with Crippen molar-refractivity contribution in [2.75, 3.05) is 19.0 Å². The van der Waals surface area contributed by atoms with Crippen molar-refractivity contribution in [2.24, 2.45) is 0 Å². The summed E-state index contributed by atoms with van der Waals surface area (Å²) in [5.74, 6) is 0.732. The van der Waals surface area contributed by atoms with E-state index in [2.05, 4.69) is 25.2 Å². The molecule has 0 saturated heterocycles. The van der Waals surface area contributed by atoms with E-state index in [0.717, 1.165) is 5.69 Å². The van der Waals surface area contributed by atoms with Gasteiger partial charge in [-0.25, -0.2) is 9.78 Å². The summed E-state index contributed by atoms with van der Waals surface area (Å²) in [6.45, 7) is 2.39. The Morgan fingerprint density at radius 3 is 3.05 bits per heavy atom. The van der Waals surface area contributed by atoms with Gasteiger partial charge in [0.2, 0.25) is 5.89 Å². The van der Waals surface area contributed by atoms with Crippen LogP contribution in [0.3, 0.4) is 0 Å². The number of aryl methyl sites for hydroxylation is 1. The first-order chi connectivity index (χ1) is 9.19. The SMILES string of the molecule is COC(=O)c1cc(NCCc2nc(C)no2)ccn1. The zero-order valence-corrected chi connectivity index (χ0v) is 10.7. The van der Waals surface area contributed by atoms with E-state index in [1.165, 1.54) is 7.11 Å². The zero-order chi connectivity index (χ0) is 13.7. The molecule has 7 heteroatoms. The Morgan fingerprint density at radius 1 is 1.53 bits per heavy atom. The molecule has 2 aromatic heterocycles. The average Bonchev–Trinajstić information content (AvgIpc) is 2.84. The summed E-state index contributed by atoms with van der Waals surface area (Å²) in [6, 6.07) is 3.40. The Balaban J connectivity index is 1.90. The lowest BCUT2D eigenvalue weighted by molar-refractivity contribution is 0.0594. The standard InChI is InChI=1S/C12H14N4O3/c1-8-15-11(19-16-8)4-6-13-9-3-5-14-10(7-9)12(17)18-2/h3,5,7H,4,6H2,1-2H3,(H,13,14). The number of nitrogens with one attached hydrogen (secondary N) is 1. The summed E-state index contributed by atoms with van der Waals surface area (Å²) in [4.78, 5) is 19.3. The molecule has 1 N–H and O–H groups in total. The van der Waals surface area contributed by atoms with Gasteiger partial charge in [-0.2, -0.15) is 4.98 Å². The Hall–Kier alpha value is -2.44. The molecule has 0 radical (unpaired) electrons. The molecule has 0 bridgehead atoms. The number of esters is 1. The molecule has 100 valence electrons. The number of anilines is 1. The van der Waals surface area contributed by atoms with Crippen LogP contribution in [0.15, 0.2) is 22.9 Å². The fourth-order valence-corrected chi connectivity index (χ4v) is 1.51. The van der Waals surface area contributed by atoms with Crippen molar-refractivity contribution in [2.45, 2.75) is 13.3 Å². The molecule has 7 nitrogen and oxygen atoms in total. The first kappa shape index (κ1) is 13.0. The summed E-state index contributed by atoms with van der Waals surface area (Å²) in [5.41, 5.74) is 1.05. The summed E-state index contributed by atoms with van der Waals surface area (Å²) in [5, 5.41) is 6.85. The van der Waals surface area contributed by atoms with E-state index < -0.39 is 5.97 Å². The predicted molar refractivity (Wildman–Crippen MR) is 66.8 cm³/mol. The lowest BCUT2D eigenvalue weighted by Gasteiger charge is -2.05. The Morgan fingerprint density at radius 2 is 2.37 bits per heavy atom. The van der Waals surface area contributed by atoms with Crippen LogP contribution in [0, 0.1) is 6.92 Å². The zero-order valence-electron chi connectivity index (χ0n) is 10.7. The normalized spacial score (nSPS) is 10.2. The first-order valence-corrected chi connectivity index (χ1v) is 5.76. The van der Waals surface area contributed by atoms with Crippen molar-refractivity contribution in [3.63, 3.8) is 0 Å². The monoisotopic (exact) mass is 262 g/mol. The quantitative estimate of drug-likeness (QED) is 0.810. The third kappa shape index (κ3) is 3.51. The van der Waals surface area contributed by atoms with E-state index in [0.29, 0.717) is 24.7 Å². The van der Waals surface area contributed by atoms with Crippen LogP contribution in [0.2, 0.25) is 0 Å². The van der Waals surface area contributed by atoms with Crippen LogP contribution in [0.5, 0.6) is 0 Å². The molecular formula is C12H14N4O3. The molecule has 0 saturated carbocycles. The molecule has 0 fully saturated rings. The van der Waals surface area contributed by atoms with E-state index in [9.17, 15) is 4.79 Å². The Kier molecular flexibility index (Phi) is 4.07. The molecule has 0 aliphatic rings. The number of rotatable bonds is 5. The summed E-state index contributed by atoms with van der Waals surface area (Å²) < 4.78 is 9.60. The van der Waals surface area contributed by atoms with Crippen LogP contribution in [0.4, 0.5) is 5.69 Å².